The predicted octanol–water partition coefficient (Wildman–Crippen LogP) is 1.50. The molecule has 0 aromatic carbocycles. The molecule has 0 saturated carbocycles. The number of sulfone groups is 1. The van der Waals surface area contributed by atoms with E-state index in [2.05, 4.69) is 19.2 Å². The van der Waals surface area contributed by atoms with E-state index < -0.39 is 9.84 Å². The molecule has 116 valence electrons. The lowest BCUT2D eigenvalue weighted by atomic mass is 10.2. The van der Waals surface area contributed by atoms with Gasteiger partial charge in [-0.2, -0.15) is 0 Å². The van der Waals surface area contributed by atoms with Crippen molar-refractivity contribution in [3.05, 3.63) is 23.7 Å². The maximum Gasteiger partial charge on any atom is 0.148 e. The van der Waals surface area contributed by atoms with E-state index in [0.29, 0.717) is 19.0 Å². The van der Waals surface area contributed by atoms with Crippen molar-refractivity contribution in [2.45, 2.75) is 26.9 Å². The van der Waals surface area contributed by atoms with Gasteiger partial charge in [0.1, 0.15) is 15.6 Å². The molecule has 0 aliphatic heterocycles. The lowest BCUT2D eigenvalue weighted by Crippen LogP contribution is -2.25. The Kier molecular flexibility index (Phi) is 6.71. The van der Waals surface area contributed by atoms with Crippen LogP contribution in [0.5, 0.6) is 0 Å². The fourth-order valence-corrected chi connectivity index (χ4v) is 2.45. The third-order valence-electron chi connectivity index (χ3n) is 2.96. The first-order valence-electron chi connectivity index (χ1n) is 6.90. The Bertz CT molecular complexity index is 494. The number of hydrogen-bond donors (Lipinski definition) is 1. The number of nitrogens with zero attached hydrogens (tertiary/aromatic N) is 1. The van der Waals surface area contributed by atoms with Crippen LogP contribution in [0, 0.1) is 5.92 Å². The van der Waals surface area contributed by atoms with Gasteiger partial charge in [-0.05, 0) is 25.6 Å². The second-order valence-electron chi connectivity index (χ2n) is 5.76. The van der Waals surface area contributed by atoms with Crippen LogP contribution >= 0.6 is 0 Å². The molecule has 0 unspecified atom stereocenters. The Morgan fingerprint density at radius 1 is 1.40 bits per heavy atom. The van der Waals surface area contributed by atoms with Crippen LogP contribution in [0.15, 0.2) is 16.7 Å². The first-order valence-corrected chi connectivity index (χ1v) is 8.96. The van der Waals surface area contributed by atoms with E-state index in [-0.39, 0.29) is 5.75 Å². The molecule has 0 spiro atoms. The average molecular weight is 302 g/mol. The fraction of sp³-hybridized carbons (Fsp3) is 0.714. The number of hydrogen-bond acceptors (Lipinski definition) is 5. The van der Waals surface area contributed by atoms with Crippen LogP contribution in [0.25, 0.3) is 0 Å². The maximum absolute atomic E-state index is 11.2. The van der Waals surface area contributed by atoms with Crippen LogP contribution in [0.4, 0.5) is 0 Å². The lowest BCUT2D eigenvalue weighted by Gasteiger charge is -2.15. The molecule has 0 radical (unpaired) electrons. The summed E-state index contributed by atoms with van der Waals surface area (Å²) in [5.74, 6) is 1.69. The highest BCUT2D eigenvalue weighted by Gasteiger charge is 2.11. The Labute approximate surface area is 122 Å². The zero-order valence-corrected chi connectivity index (χ0v) is 13.7. The minimum absolute atomic E-state index is 0.172. The van der Waals surface area contributed by atoms with Crippen LogP contribution in [0.2, 0.25) is 0 Å². The highest BCUT2D eigenvalue weighted by atomic mass is 32.2. The molecule has 0 amide bonds. The van der Waals surface area contributed by atoms with E-state index in [1.807, 2.05) is 18.0 Å². The van der Waals surface area contributed by atoms with Crippen LogP contribution in [0.1, 0.15) is 25.2 Å². The topological polar surface area (TPSA) is 62.6 Å². The van der Waals surface area contributed by atoms with E-state index in [1.165, 1.54) is 6.26 Å². The van der Waals surface area contributed by atoms with Crippen molar-refractivity contribution in [1.82, 2.24) is 10.2 Å². The zero-order chi connectivity index (χ0) is 15.2. The summed E-state index contributed by atoms with van der Waals surface area (Å²) in [5.41, 5.74) is 1.14. The third kappa shape index (κ3) is 7.07. The summed E-state index contributed by atoms with van der Waals surface area (Å²) >= 11 is 0. The van der Waals surface area contributed by atoms with Crippen molar-refractivity contribution < 1.29 is 12.8 Å². The summed E-state index contributed by atoms with van der Waals surface area (Å²) in [6, 6.07) is 1.97. The van der Waals surface area contributed by atoms with Crippen molar-refractivity contribution in [3.8, 4) is 0 Å². The van der Waals surface area contributed by atoms with Gasteiger partial charge in [0.25, 0.3) is 0 Å². The second kappa shape index (κ2) is 7.81. The van der Waals surface area contributed by atoms with Crippen molar-refractivity contribution in [1.29, 1.82) is 0 Å². The minimum Gasteiger partial charge on any atom is -0.468 e. The Morgan fingerprint density at radius 3 is 2.70 bits per heavy atom. The average Bonchev–Trinajstić information content (AvgIpc) is 2.73. The van der Waals surface area contributed by atoms with Gasteiger partial charge in [0.05, 0.1) is 18.6 Å². The normalized spacial score (nSPS) is 12.5. The van der Waals surface area contributed by atoms with Gasteiger partial charge in [-0.3, -0.25) is 4.90 Å². The van der Waals surface area contributed by atoms with Crippen LogP contribution in [-0.2, 0) is 22.9 Å². The SMILES string of the molecule is CC(C)CNCc1ccoc1CN(C)CCS(C)(=O)=O. The first kappa shape index (κ1) is 17.2. The number of rotatable bonds is 9. The van der Waals surface area contributed by atoms with Gasteiger partial charge >= 0.3 is 0 Å². The lowest BCUT2D eigenvalue weighted by molar-refractivity contribution is 0.307. The molecule has 1 aromatic heterocycles. The molecular formula is C14H26N2O3S. The molecule has 5 nitrogen and oxygen atoms in total. The molecule has 0 atom stereocenters. The molecule has 1 N–H and O–H groups in total. The second-order valence-corrected chi connectivity index (χ2v) is 8.02. The van der Waals surface area contributed by atoms with E-state index in [4.69, 9.17) is 4.42 Å². The highest BCUT2D eigenvalue weighted by Crippen LogP contribution is 2.12. The molecule has 0 saturated heterocycles. The van der Waals surface area contributed by atoms with Crippen LogP contribution < -0.4 is 5.32 Å². The quantitative estimate of drug-likeness (QED) is 0.749. The number of nitrogens with one attached hydrogen (secondary N) is 1. The largest absolute Gasteiger partial charge is 0.468 e. The van der Waals surface area contributed by atoms with Gasteiger partial charge in [0.15, 0.2) is 0 Å². The van der Waals surface area contributed by atoms with E-state index >= 15 is 0 Å². The third-order valence-corrected chi connectivity index (χ3v) is 3.89. The molecular weight excluding hydrogens is 276 g/mol. The van der Waals surface area contributed by atoms with Crippen molar-refractivity contribution in [3.63, 3.8) is 0 Å². The zero-order valence-electron chi connectivity index (χ0n) is 12.8. The fourth-order valence-electron chi connectivity index (χ4n) is 1.80. The Morgan fingerprint density at radius 2 is 2.10 bits per heavy atom. The molecule has 0 aliphatic carbocycles. The summed E-state index contributed by atoms with van der Waals surface area (Å²) in [6.07, 6.45) is 2.95. The monoisotopic (exact) mass is 302 g/mol. The van der Waals surface area contributed by atoms with Crippen LogP contribution in [-0.4, -0.2) is 45.5 Å². The van der Waals surface area contributed by atoms with E-state index in [1.54, 1.807) is 6.26 Å². The number of furan rings is 1. The van der Waals surface area contributed by atoms with Crippen molar-refractivity contribution in [2.24, 2.45) is 5.92 Å². The van der Waals surface area contributed by atoms with E-state index in [0.717, 1.165) is 24.4 Å². The molecule has 6 heteroatoms. The van der Waals surface area contributed by atoms with Crippen molar-refractivity contribution >= 4 is 9.84 Å². The Hall–Kier alpha value is -0.850. The summed E-state index contributed by atoms with van der Waals surface area (Å²) < 4.78 is 27.8. The smallest absolute Gasteiger partial charge is 0.148 e. The minimum atomic E-state index is -2.92. The molecule has 1 aromatic rings. The van der Waals surface area contributed by atoms with Gasteiger partial charge in [-0.25, -0.2) is 8.42 Å². The van der Waals surface area contributed by atoms with Gasteiger partial charge in [-0.1, -0.05) is 13.8 Å². The highest BCUT2D eigenvalue weighted by molar-refractivity contribution is 7.90. The Balaban J connectivity index is 2.45. The van der Waals surface area contributed by atoms with Crippen LogP contribution in [0.3, 0.4) is 0 Å². The summed E-state index contributed by atoms with van der Waals surface area (Å²) in [5, 5.41) is 3.38. The first-order chi connectivity index (χ1) is 9.28. The predicted molar refractivity (Wildman–Crippen MR) is 81.3 cm³/mol. The van der Waals surface area contributed by atoms with Gasteiger partial charge in [-0.15, -0.1) is 0 Å². The molecule has 0 fully saturated rings. The van der Waals surface area contributed by atoms with E-state index in [9.17, 15) is 8.42 Å². The van der Waals surface area contributed by atoms with Gasteiger partial charge < -0.3 is 9.73 Å². The molecule has 1 heterocycles. The molecule has 0 aliphatic rings. The van der Waals surface area contributed by atoms with Crippen molar-refractivity contribution in [2.75, 3.05) is 32.1 Å². The molecule has 1 rings (SSSR count). The maximum atomic E-state index is 11.2. The molecule has 20 heavy (non-hydrogen) atoms. The van der Waals surface area contributed by atoms with Gasteiger partial charge in [0.2, 0.25) is 0 Å². The van der Waals surface area contributed by atoms with Gasteiger partial charge in [0, 0.05) is 24.9 Å². The molecule has 0 bridgehead atoms. The summed E-state index contributed by atoms with van der Waals surface area (Å²) in [4.78, 5) is 1.96. The standard InChI is InChI=1S/C14H26N2O3S/c1-12(2)9-15-10-13-5-7-19-14(13)11-16(3)6-8-20(4,17)18/h5,7,12,15H,6,8-11H2,1-4H3. The summed E-state index contributed by atoms with van der Waals surface area (Å²) in [7, 11) is -1.01. The summed E-state index contributed by atoms with van der Waals surface area (Å²) in [6.45, 7) is 7.22.